The van der Waals surface area contributed by atoms with E-state index in [-0.39, 0.29) is 5.91 Å². The maximum absolute atomic E-state index is 12.1. The molecule has 6 nitrogen and oxygen atoms in total. The zero-order chi connectivity index (χ0) is 14.5. The number of benzene rings is 1. The number of nitrogens with one attached hydrogen (secondary N) is 2. The van der Waals surface area contributed by atoms with Gasteiger partial charge in [-0.2, -0.15) is 0 Å². The minimum atomic E-state index is -0.421. The fraction of sp³-hybridized carbons (Fsp3) is 0.308. The smallest absolute Gasteiger partial charge is 0.248 e. The summed E-state index contributed by atoms with van der Waals surface area (Å²) in [4.78, 5) is 12.1. The molecular formula is C13H16N4O2S. The number of anilines is 2. The summed E-state index contributed by atoms with van der Waals surface area (Å²) in [6.07, 6.45) is 0. The van der Waals surface area contributed by atoms with Crippen LogP contribution < -0.4 is 15.4 Å². The Balaban J connectivity index is 2.00. The molecule has 2 aromatic rings. The second-order valence-electron chi connectivity index (χ2n) is 4.18. The quantitative estimate of drug-likeness (QED) is 0.884. The number of carbonyl (C=O) groups is 1. The van der Waals surface area contributed by atoms with Crippen LogP contribution >= 0.6 is 11.3 Å². The minimum absolute atomic E-state index is 0.174. The fourth-order valence-electron chi connectivity index (χ4n) is 1.62. The molecule has 0 radical (unpaired) electrons. The Morgan fingerprint density at radius 1 is 1.35 bits per heavy atom. The Morgan fingerprint density at radius 2 is 2.10 bits per heavy atom. The van der Waals surface area contributed by atoms with Crippen LogP contribution in [-0.4, -0.2) is 29.3 Å². The first-order chi connectivity index (χ1) is 9.60. The number of para-hydroxylation sites is 2. The van der Waals surface area contributed by atoms with Gasteiger partial charge >= 0.3 is 0 Å². The summed E-state index contributed by atoms with van der Waals surface area (Å²) >= 11 is 1.34. The predicted octanol–water partition coefficient (Wildman–Crippen LogP) is 2.29. The van der Waals surface area contributed by atoms with E-state index in [1.54, 1.807) is 14.0 Å². The lowest BCUT2D eigenvalue weighted by molar-refractivity contribution is -0.116. The van der Waals surface area contributed by atoms with Crippen molar-refractivity contribution >= 4 is 28.1 Å². The molecular weight excluding hydrogens is 276 g/mol. The first kappa shape index (κ1) is 14.3. The van der Waals surface area contributed by atoms with Gasteiger partial charge < -0.3 is 10.1 Å². The Morgan fingerprint density at radius 3 is 2.75 bits per heavy atom. The van der Waals surface area contributed by atoms with E-state index in [0.717, 1.165) is 10.7 Å². The van der Waals surface area contributed by atoms with Gasteiger partial charge in [0, 0.05) is 0 Å². The SMILES string of the molecule is COc1ccccc1N[C@H](C)C(=O)Nc1nnc(C)s1. The number of carbonyl (C=O) groups excluding carboxylic acids is 1. The van der Waals surface area contributed by atoms with Crippen LogP contribution in [0.3, 0.4) is 0 Å². The van der Waals surface area contributed by atoms with Crippen LogP contribution in [0.4, 0.5) is 10.8 Å². The lowest BCUT2D eigenvalue weighted by Crippen LogP contribution is -2.31. The van der Waals surface area contributed by atoms with E-state index in [1.807, 2.05) is 31.2 Å². The maximum atomic E-state index is 12.1. The molecule has 1 amide bonds. The summed E-state index contributed by atoms with van der Waals surface area (Å²) in [7, 11) is 1.59. The van der Waals surface area contributed by atoms with Gasteiger partial charge in [-0.05, 0) is 26.0 Å². The lowest BCUT2D eigenvalue weighted by Gasteiger charge is -2.16. The van der Waals surface area contributed by atoms with E-state index < -0.39 is 6.04 Å². The molecule has 0 aliphatic heterocycles. The van der Waals surface area contributed by atoms with E-state index in [0.29, 0.717) is 10.9 Å². The third-order valence-corrected chi connectivity index (χ3v) is 3.38. The summed E-state index contributed by atoms with van der Waals surface area (Å²) in [6, 6.07) is 7.02. The first-order valence-electron chi connectivity index (χ1n) is 6.10. The van der Waals surface area contributed by atoms with Crippen molar-refractivity contribution in [3.05, 3.63) is 29.3 Å². The molecule has 2 N–H and O–H groups in total. The van der Waals surface area contributed by atoms with Crippen LogP contribution in [0.15, 0.2) is 24.3 Å². The number of amides is 1. The van der Waals surface area contributed by atoms with Gasteiger partial charge in [0.15, 0.2) is 0 Å². The monoisotopic (exact) mass is 292 g/mol. The van der Waals surface area contributed by atoms with Crippen LogP contribution in [0.2, 0.25) is 0 Å². The highest BCUT2D eigenvalue weighted by atomic mass is 32.1. The Labute approximate surface area is 121 Å². The average Bonchev–Trinajstić information content (AvgIpc) is 2.84. The molecule has 0 saturated heterocycles. The number of aromatic nitrogens is 2. The number of hydrogen-bond acceptors (Lipinski definition) is 6. The predicted molar refractivity (Wildman–Crippen MR) is 79.4 cm³/mol. The van der Waals surface area contributed by atoms with Crippen molar-refractivity contribution in [3.63, 3.8) is 0 Å². The van der Waals surface area contributed by atoms with Crippen LogP contribution in [0, 0.1) is 6.92 Å². The van der Waals surface area contributed by atoms with Crippen LogP contribution in [0.5, 0.6) is 5.75 Å². The van der Waals surface area contributed by atoms with Crippen molar-refractivity contribution in [1.82, 2.24) is 10.2 Å². The van der Waals surface area contributed by atoms with Gasteiger partial charge in [0.1, 0.15) is 16.8 Å². The van der Waals surface area contributed by atoms with Crippen molar-refractivity contribution in [2.45, 2.75) is 19.9 Å². The topological polar surface area (TPSA) is 76.1 Å². The number of nitrogens with zero attached hydrogens (tertiary/aromatic N) is 2. The third kappa shape index (κ3) is 3.45. The highest BCUT2D eigenvalue weighted by Gasteiger charge is 2.16. The van der Waals surface area contributed by atoms with E-state index in [2.05, 4.69) is 20.8 Å². The molecule has 0 unspecified atom stereocenters. The van der Waals surface area contributed by atoms with Crippen molar-refractivity contribution in [1.29, 1.82) is 0 Å². The number of rotatable bonds is 5. The minimum Gasteiger partial charge on any atom is -0.495 e. The Bertz CT molecular complexity index is 600. The molecule has 1 aromatic heterocycles. The molecule has 0 saturated carbocycles. The van der Waals surface area contributed by atoms with Crippen LogP contribution in [0.1, 0.15) is 11.9 Å². The van der Waals surface area contributed by atoms with Gasteiger partial charge in [-0.25, -0.2) is 0 Å². The molecule has 1 heterocycles. The molecule has 0 spiro atoms. The van der Waals surface area contributed by atoms with E-state index in [1.165, 1.54) is 11.3 Å². The van der Waals surface area contributed by atoms with Gasteiger partial charge in [-0.15, -0.1) is 10.2 Å². The van der Waals surface area contributed by atoms with Crippen LogP contribution in [-0.2, 0) is 4.79 Å². The molecule has 20 heavy (non-hydrogen) atoms. The van der Waals surface area contributed by atoms with E-state index >= 15 is 0 Å². The maximum Gasteiger partial charge on any atom is 0.248 e. The highest BCUT2D eigenvalue weighted by molar-refractivity contribution is 7.15. The van der Waals surface area contributed by atoms with Crippen molar-refractivity contribution < 1.29 is 9.53 Å². The highest BCUT2D eigenvalue weighted by Crippen LogP contribution is 2.24. The largest absolute Gasteiger partial charge is 0.495 e. The molecule has 1 atom stereocenters. The molecule has 106 valence electrons. The number of aryl methyl sites for hydroxylation is 1. The Kier molecular flexibility index (Phi) is 4.52. The van der Waals surface area contributed by atoms with Crippen molar-refractivity contribution in [2.24, 2.45) is 0 Å². The number of hydrogen-bond donors (Lipinski definition) is 2. The normalized spacial score (nSPS) is 11.8. The summed E-state index contributed by atoms with van der Waals surface area (Å²) in [5, 5.41) is 14.9. The van der Waals surface area contributed by atoms with Gasteiger partial charge in [0.25, 0.3) is 0 Å². The number of methoxy groups -OCH3 is 1. The molecule has 0 aliphatic rings. The molecule has 1 aromatic carbocycles. The zero-order valence-corrected chi connectivity index (χ0v) is 12.3. The van der Waals surface area contributed by atoms with Gasteiger partial charge in [0.05, 0.1) is 12.8 Å². The number of ether oxygens (including phenoxy) is 1. The molecule has 0 aliphatic carbocycles. The molecule has 7 heteroatoms. The van der Waals surface area contributed by atoms with E-state index in [4.69, 9.17) is 4.74 Å². The van der Waals surface area contributed by atoms with Gasteiger partial charge in [-0.3, -0.25) is 10.1 Å². The average molecular weight is 292 g/mol. The first-order valence-corrected chi connectivity index (χ1v) is 6.92. The molecule has 0 bridgehead atoms. The fourth-order valence-corrected chi connectivity index (χ4v) is 2.22. The summed E-state index contributed by atoms with van der Waals surface area (Å²) < 4.78 is 5.23. The standard InChI is InChI=1S/C13H16N4O2S/c1-8(12(18)15-13-17-16-9(2)20-13)14-10-6-4-5-7-11(10)19-3/h4-8,14H,1-3H3,(H,15,17,18)/t8-/m1/s1. The zero-order valence-electron chi connectivity index (χ0n) is 11.5. The van der Waals surface area contributed by atoms with Crippen LogP contribution in [0.25, 0.3) is 0 Å². The summed E-state index contributed by atoms with van der Waals surface area (Å²) in [6.45, 7) is 3.61. The second-order valence-corrected chi connectivity index (χ2v) is 5.36. The van der Waals surface area contributed by atoms with Gasteiger partial charge in [-0.1, -0.05) is 23.5 Å². The van der Waals surface area contributed by atoms with Crippen molar-refractivity contribution in [3.8, 4) is 5.75 Å². The summed E-state index contributed by atoms with van der Waals surface area (Å²) in [5.41, 5.74) is 0.770. The molecule has 0 fully saturated rings. The summed E-state index contributed by atoms with van der Waals surface area (Å²) in [5.74, 6) is 0.519. The Hall–Kier alpha value is -2.15. The lowest BCUT2D eigenvalue weighted by atomic mass is 10.2. The molecule has 2 rings (SSSR count). The third-order valence-electron chi connectivity index (χ3n) is 2.63. The van der Waals surface area contributed by atoms with E-state index in [9.17, 15) is 4.79 Å². The van der Waals surface area contributed by atoms with Gasteiger partial charge in [0.2, 0.25) is 11.0 Å². The second kappa shape index (κ2) is 6.33. The van der Waals surface area contributed by atoms with Crippen molar-refractivity contribution in [2.75, 3.05) is 17.7 Å².